The third kappa shape index (κ3) is 5.34. The molecule has 0 atom stereocenters. The first-order valence-electron chi connectivity index (χ1n) is 6.60. The number of nitrogens with zero attached hydrogens (tertiary/aromatic N) is 4. The highest BCUT2D eigenvalue weighted by atomic mass is 127. The average molecular weight is 434 g/mol. The lowest BCUT2D eigenvalue weighted by Gasteiger charge is -2.35. The van der Waals surface area contributed by atoms with Crippen LogP contribution in [0.2, 0.25) is 0 Å². The van der Waals surface area contributed by atoms with Crippen LogP contribution < -0.4 is 16.0 Å². The monoisotopic (exact) mass is 434 g/mol. The van der Waals surface area contributed by atoms with E-state index in [-0.39, 0.29) is 43.0 Å². The second kappa shape index (κ2) is 9.47. The summed E-state index contributed by atoms with van der Waals surface area (Å²) >= 11 is 1.63. The van der Waals surface area contributed by atoms with Crippen molar-refractivity contribution in [3.8, 4) is 12.3 Å². The molecule has 1 aromatic heterocycles. The van der Waals surface area contributed by atoms with Gasteiger partial charge in [-0.2, -0.15) is 0 Å². The van der Waals surface area contributed by atoms with E-state index < -0.39 is 0 Å². The number of carbonyl (C=O) groups excluding carboxylic acids is 1. The van der Waals surface area contributed by atoms with Crippen molar-refractivity contribution in [1.82, 2.24) is 15.2 Å². The molecule has 0 radical (unpaired) electrons. The van der Waals surface area contributed by atoms with Crippen molar-refractivity contribution in [1.29, 1.82) is 0 Å². The Morgan fingerprint density at radius 2 is 2.23 bits per heavy atom. The molecule has 0 spiro atoms. The summed E-state index contributed by atoms with van der Waals surface area (Å²) < 4.78 is 0. The van der Waals surface area contributed by atoms with Gasteiger partial charge < -0.3 is 20.9 Å². The molecule has 1 fully saturated rings. The van der Waals surface area contributed by atoms with E-state index in [1.165, 1.54) is 0 Å². The van der Waals surface area contributed by atoms with Crippen LogP contribution in [0.5, 0.6) is 0 Å². The predicted octanol–water partition coefficient (Wildman–Crippen LogP) is -0.0528. The molecule has 7 nitrogen and oxygen atoms in total. The Balaban J connectivity index is 0.00000242. The van der Waals surface area contributed by atoms with Gasteiger partial charge in [-0.15, -0.1) is 41.7 Å². The number of aliphatic imine (C=N–C) groups is 1. The van der Waals surface area contributed by atoms with E-state index in [9.17, 15) is 4.79 Å². The minimum Gasteiger partial charge on any atom is -0.370 e. The number of terminal acetylenes is 1. The second-order valence-electron chi connectivity index (χ2n) is 4.44. The first-order valence-corrected chi connectivity index (χ1v) is 7.48. The fourth-order valence-electron chi connectivity index (χ4n) is 1.96. The molecule has 2 rings (SSSR count). The molecule has 1 aliphatic rings. The number of piperazine rings is 1. The number of aromatic nitrogens is 1. The molecule has 0 bridgehead atoms. The predicted molar refractivity (Wildman–Crippen MR) is 99.6 cm³/mol. The van der Waals surface area contributed by atoms with E-state index in [2.05, 4.69) is 26.1 Å². The van der Waals surface area contributed by atoms with E-state index in [0.29, 0.717) is 5.96 Å². The lowest BCUT2D eigenvalue weighted by Crippen LogP contribution is -2.51. The fourth-order valence-corrected chi connectivity index (χ4v) is 2.65. The first-order chi connectivity index (χ1) is 10.2. The number of nitrogens with one attached hydrogen (secondary N) is 1. The van der Waals surface area contributed by atoms with Crippen molar-refractivity contribution < 1.29 is 4.79 Å². The van der Waals surface area contributed by atoms with Gasteiger partial charge in [0.25, 0.3) is 0 Å². The highest BCUT2D eigenvalue weighted by Gasteiger charge is 2.19. The summed E-state index contributed by atoms with van der Waals surface area (Å²) in [5, 5.41) is 5.54. The summed E-state index contributed by atoms with van der Waals surface area (Å²) in [7, 11) is 0. The molecule has 0 saturated carbocycles. The highest BCUT2D eigenvalue weighted by molar-refractivity contribution is 14.0. The number of hydrogen-bond donors (Lipinski definition) is 2. The van der Waals surface area contributed by atoms with Crippen LogP contribution >= 0.6 is 35.3 Å². The van der Waals surface area contributed by atoms with Gasteiger partial charge >= 0.3 is 0 Å². The zero-order valence-electron chi connectivity index (χ0n) is 12.1. The average Bonchev–Trinajstić information content (AvgIpc) is 3.05. The number of hydrogen-bond acceptors (Lipinski definition) is 5. The van der Waals surface area contributed by atoms with E-state index in [1.807, 2.05) is 10.3 Å². The van der Waals surface area contributed by atoms with Crippen LogP contribution in [0.3, 0.4) is 0 Å². The van der Waals surface area contributed by atoms with Gasteiger partial charge in [0.05, 0.1) is 6.54 Å². The third-order valence-corrected chi connectivity index (χ3v) is 3.90. The molecule has 120 valence electrons. The van der Waals surface area contributed by atoms with Crippen LogP contribution in [0.4, 0.5) is 5.13 Å². The zero-order valence-corrected chi connectivity index (χ0v) is 15.2. The topological polar surface area (TPSA) is 86.8 Å². The van der Waals surface area contributed by atoms with Crippen molar-refractivity contribution in [3.63, 3.8) is 0 Å². The molecule has 0 unspecified atom stereocenters. The molecule has 0 aromatic carbocycles. The number of guanidine groups is 1. The van der Waals surface area contributed by atoms with Crippen LogP contribution in [0.15, 0.2) is 16.6 Å². The molecule has 1 aromatic rings. The van der Waals surface area contributed by atoms with Gasteiger partial charge in [0.2, 0.25) is 5.91 Å². The number of thiazole rings is 1. The second-order valence-corrected chi connectivity index (χ2v) is 5.32. The Hall–Kier alpha value is -1.54. The third-order valence-electron chi connectivity index (χ3n) is 3.07. The van der Waals surface area contributed by atoms with Crippen LogP contribution in [0.1, 0.15) is 0 Å². The first kappa shape index (κ1) is 18.5. The standard InChI is InChI=1S/C13H18N6OS.HI/c1-2-3-15-11(20)10-17-12(14)18-5-7-19(8-6-18)13-16-4-9-21-13;/h1,4,9H,3,5-8,10H2,(H2,14,17)(H,15,20);1H. The Morgan fingerprint density at radius 3 is 2.82 bits per heavy atom. The Labute approximate surface area is 151 Å². The number of amides is 1. The summed E-state index contributed by atoms with van der Waals surface area (Å²) in [4.78, 5) is 24.0. The molecule has 22 heavy (non-hydrogen) atoms. The van der Waals surface area contributed by atoms with Gasteiger partial charge in [0, 0.05) is 37.8 Å². The number of nitrogens with two attached hydrogens (primary N) is 1. The Morgan fingerprint density at radius 1 is 1.50 bits per heavy atom. The number of carbonyl (C=O) groups is 1. The molecule has 9 heteroatoms. The Kier molecular flexibility index (Phi) is 7.97. The van der Waals surface area contributed by atoms with Gasteiger partial charge in [-0.1, -0.05) is 5.92 Å². The summed E-state index contributed by atoms with van der Waals surface area (Å²) in [6.45, 7) is 3.42. The van der Waals surface area contributed by atoms with Crippen molar-refractivity contribution >= 4 is 52.3 Å². The van der Waals surface area contributed by atoms with Gasteiger partial charge in [-0.05, 0) is 0 Å². The van der Waals surface area contributed by atoms with Gasteiger partial charge in [0.15, 0.2) is 11.1 Å². The van der Waals surface area contributed by atoms with Crippen molar-refractivity contribution in [3.05, 3.63) is 11.6 Å². The number of halogens is 1. The van der Waals surface area contributed by atoms with Crippen molar-refractivity contribution in [2.24, 2.45) is 10.7 Å². The molecule has 1 aliphatic heterocycles. The fraction of sp³-hybridized carbons (Fsp3) is 0.462. The SMILES string of the molecule is C#CCNC(=O)CN=C(N)N1CCN(c2nccs2)CC1.I. The largest absolute Gasteiger partial charge is 0.370 e. The number of anilines is 1. The maximum atomic E-state index is 11.4. The lowest BCUT2D eigenvalue weighted by atomic mass is 10.3. The molecule has 1 saturated heterocycles. The van der Waals surface area contributed by atoms with E-state index in [4.69, 9.17) is 12.2 Å². The maximum absolute atomic E-state index is 11.4. The molecular formula is C13H19IN6OS. The van der Waals surface area contributed by atoms with Gasteiger partial charge in [-0.3, -0.25) is 4.79 Å². The summed E-state index contributed by atoms with van der Waals surface area (Å²) in [6.07, 6.45) is 6.86. The molecule has 1 amide bonds. The summed E-state index contributed by atoms with van der Waals surface area (Å²) in [5.41, 5.74) is 5.91. The van der Waals surface area contributed by atoms with Crippen LogP contribution in [-0.4, -0.2) is 61.0 Å². The summed E-state index contributed by atoms with van der Waals surface area (Å²) in [5.74, 6) is 2.50. The number of rotatable bonds is 4. The van der Waals surface area contributed by atoms with Crippen LogP contribution in [0, 0.1) is 12.3 Å². The quantitative estimate of drug-likeness (QED) is 0.300. The van der Waals surface area contributed by atoms with E-state index in [1.54, 1.807) is 17.5 Å². The van der Waals surface area contributed by atoms with Crippen molar-refractivity contribution in [2.75, 3.05) is 44.2 Å². The van der Waals surface area contributed by atoms with Crippen LogP contribution in [0.25, 0.3) is 0 Å². The zero-order chi connectivity index (χ0) is 15.1. The van der Waals surface area contributed by atoms with Crippen molar-refractivity contribution in [2.45, 2.75) is 0 Å². The van der Waals surface area contributed by atoms with Gasteiger partial charge in [0.1, 0.15) is 6.54 Å². The normalized spacial score (nSPS) is 15.0. The van der Waals surface area contributed by atoms with E-state index in [0.717, 1.165) is 31.3 Å². The molecule has 3 N–H and O–H groups in total. The molecule has 2 heterocycles. The smallest absolute Gasteiger partial charge is 0.242 e. The molecular weight excluding hydrogens is 415 g/mol. The van der Waals surface area contributed by atoms with E-state index >= 15 is 0 Å². The minimum atomic E-state index is -0.225. The Bertz CT molecular complexity index is 533. The maximum Gasteiger partial charge on any atom is 0.242 e. The highest BCUT2D eigenvalue weighted by Crippen LogP contribution is 2.18. The lowest BCUT2D eigenvalue weighted by molar-refractivity contribution is -0.119. The molecule has 0 aliphatic carbocycles. The van der Waals surface area contributed by atoms with Gasteiger partial charge in [-0.25, -0.2) is 9.98 Å². The van der Waals surface area contributed by atoms with Crippen LogP contribution in [-0.2, 0) is 4.79 Å². The summed E-state index contributed by atoms with van der Waals surface area (Å²) in [6, 6.07) is 0. The minimum absolute atomic E-state index is 0.